The summed E-state index contributed by atoms with van der Waals surface area (Å²) in [5, 5.41) is 16.4. The van der Waals surface area contributed by atoms with Crippen LogP contribution in [0.3, 0.4) is 0 Å². The fourth-order valence-corrected chi connectivity index (χ4v) is 3.65. The van der Waals surface area contributed by atoms with Gasteiger partial charge in [0.15, 0.2) is 11.5 Å². The first kappa shape index (κ1) is 16.4. The van der Waals surface area contributed by atoms with Crippen molar-refractivity contribution >= 4 is 17.3 Å². The topological polar surface area (TPSA) is 62.1 Å². The lowest BCUT2D eigenvalue weighted by Crippen LogP contribution is -2.45. The van der Waals surface area contributed by atoms with Crippen molar-refractivity contribution in [2.24, 2.45) is 16.9 Å². The Bertz CT molecular complexity index is 889. The van der Waals surface area contributed by atoms with E-state index in [-0.39, 0.29) is 23.5 Å². The van der Waals surface area contributed by atoms with Crippen molar-refractivity contribution in [3.63, 3.8) is 0 Å². The molecule has 0 saturated heterocycles. The van der Waals surface area contributed by atoms with E-state index in [1.807, 2.05) is 36.4 Å². The molecule has 0 bridgehead atoms. The highest BCUT2D eigenvalue weighted by atomic mass is 16.5. The Morgan fingerprint density at radius 2 is 1.81 bits per heavy atom. The summed E-state index contributed by atoms with van der Waals surface area (Å²) in [4.78, 5) is 13.0. The Labute approximate surface area is 152 Å². The molecule has 2 atom stereocenters. The van der Waals surface area contributed by atoms with Gasteiger partial charge in [-0.25, -0.2) is 5.01 Å². The number of nitrogens with zero attached hydrogens (tertiary/aromatic N) is 2. The molecule has 0 spiro atoms. The van der Waals surface area contributed by atoms with Gasteiger partial charge in [-0.3, -0.25) is 4.79 Å². The molecule has 5 nitrogen and oxygen atoms in total. The number of carbonyl (C=O) groups is 1. The van der Waals surface area contributed by atoms with Crippen LogP contribution in [-0.2, 0) is 4.79 Å². The van der Waals surface area contributed by atoms with E-state index in [4.69, 9.17) is 9.84 Å². The van der Waals surface area contributed by atoms with E-state index in [1.165, 1.54) is 12.1 Å². The van der Waals surface area contributed by atoms with Crippen LogP contribution in [0.15, 0.2) is 65.8 Å². The van der Waals surface area contributed by atoms with Crippen molar-refractivity contribution < 1.29 is 14.6 Å². The Morgan fingerprint density at radius 3 is 2.50 bits per heavy atom. The summed E-state index contributed by atoms with van der Waals surface area (Å²) < 4.78 is 5.14. The molecule has 2 aliphatic rings. The van der Waals surface area contributed by atoms with Gasteiger partial charge in [0.1, 0.15) is 0 Å². The summed E-state index contributed by atoms with van der Waals surface area (Å²) in [5.41, 5.74) is 2.38. The number of phenolic OH excluding ortho intramolecular Hbond substituents is 1. The minimum atomic E-state index is -0.142. The van der Waals surface area contributed by atoms with Crippen LogP contribution in [0, 0.1) is 11.8 Å². The van der Waals surface area contributed by atoms with Gasteiger partial charge in [-0.15, -0.1) is 0 Å². The number of hydrogen-bond acceptors (Lipinski definition) is 4. The van der Waals surface area contributed by atoms with Gasteiger partial charge in [0, 0.05) is 11.5 Å². The third-order valence-electron chi connectivity index (χ3n) is 4.99. The second-order valence-corrected chi connectivity index (χ2v) is 6.51. The first-order chi connectivity index (χ1) is 12.7. The number of ether oxygens (including phenoxy) is 1. The van der Waals surface area contributed by atoms with Crippen molar-refractivity contribution in [2.75, 3.05) is 12.1 Å². The van der Waals surface area contributed by atoms with E-state index in [1.54, 1.807) is 12.1 Å². The Hall–Kier alpha value is -3.08. The van der Waals surface area contributed by atoms with E-state index >= 15 is 0 Å². The van der Waals surface area contributed by atoms with Crippen LogP contribution < -0.4 is 9.75 Å². The number of benzene rings is 2. The number of phenols is 1. The molecular formula is C21H20N2O3. The number of aromatic hydroxyl groups is 1. The molecule has 2 aromatic carbocycles. The number of anilines is 1. The maximum Gasteiger partial charge on any atom is 0.251 e. The number of hydrogen-bond donors (Lipinski definition) is 1. The second-order valence-electron chi connectivity index (χ2n) is 6.51. The SMILES string of the molecule is COc1ccc(C2=NN(c3ccccc3)C(=O)[C@H]3CC=CC[C@@H]23)cc1O. The van der Waals surface area contributed by atoms with Gasteiger partial charge < -0.3 is 9.84 Å². The van der Waals surface area contributed by atoms with Gasteiger partial charge in [-0.2, -0.15) is 5.10 Å². The van der Waals surface area contributed by atoms with Crippen molar-refractivity contribution in [3.8, 4) is 11.5 Å². The molecule has 0 aromatic heterocycles. The molecule has 0 saturated carbocycles. The highest BCUT2D eigenvalue weighted by Crippen LogP contribution is 2.37. The van der Waals surface area contributed by atoms with E-state index < -0.39 is 0 Å². The lowest BCUT2D eigenvalue weighted by atomic mass is 9.76. The number of allylic oxidation sites excluding steroid dienone is 2. The molecule has 26 heavy (non-hydrogen) atoms. The van der Waals surface area contributed by atoms with Gasteiger partial charge in [0.05, 0.1) is 24.4 Å². The van der Waals surface area contributed by atoms with Crippen LogP contribution >= 0.6 is 0 Å². The number of methoxy groups -OCH3 is 1. The summed E-state index contributed by atoms with van der Waals surface area (Å²) in [6.07, 6.45) is 5.64. The number of carbonyl (C=O) groups excluding carboxylic acids is 1. The van der Waals surface area contributed by atoms with Crippen LogP contribution in [-0.4, -0.2) is 23.8 Å². The number of hydrazone groups is 1. The maximum atomic E-state index is 13.0. The van der Waals surface area contributed by atoms with Gasteiger partial charge in [-0.05, 0) is 43.2 Å². The molecule has 0 fully saturated rings. The Kier molecular flexibility index (Phi) is 4.21. The zero-order valence-electron chi connectivity index (χ0n) is 14.5. The third kappa shape index (κ3) is 2.75. The second kappa shape index (κ2) is 6.67. The van der Waals surface area contributed by atoms with Crippen LogP contribution in [0.25, 0.3) is 0 Å². The predicted octanol–water partition coefficient (Wildman–Crippen LogP) is 3.73. The molecule has 0 radical (unpaired) electrons. The highest BCUT2D eigenvalue weighted by Gasteiger charge is 2.40. The monoisotopic (exact) mass is 348 g/mol. The predicted molar refractivity (Wildman–Crippen MR) is 100 cm³/mol. The van der Waals surface area contributed by atoms with Crippen LogP contribution in [0.2, 0.25) is 0 Å². The molecular weight excluding hydrogens is 328 g/mol. The molecule has 1 amide bonds. The molecule has 5 heteroatoms. The number of fused-ring (bicyclic) bond motifs is 1. The molecule has 4 rings (SSSR count). The standard InChI is InChI=1S/C21H20N2O3/c1-26-19-12-11-14(13-18(19)24)20-16-9-5-6-10-17(16)21(25)23(22-20)15-7-3-2-4-8-15/h2-8,11-13,16-17,24H,9-10H2,1H3/t16-,17+/m1/s1. The fourth-order valence-electron chi connectivity index (χ4n) is 3.65. The maximum absolute atomic E-state index is 13.0. The summed E-state index contributed by atoms with van der Waals surface area (Å²) in [6, 6.07) is 14.7. The normalized spacial score (nSPS) is 22.0. The quantitative estimate of drug-likeness (QED) is 0.860. The Morgan fingerprint density at radius 1 is 1.08 bits per heavy atom. The number of amides is 1. The zero-order valence-corrected chi connectivity index (χ0v) is 14.5. The molecule has 1 heterocycles. The smallest absolute Gasteiger partial charge is 0.251 e. The lowest BCUT2D eigenvalue weighted by molar-refractivity contribution is -0.123. The van der Waals surface area contributed by atoms with Crippen LogP contribution in [0.5, 0.6) is 11.5 Å². The van der Waals surface area contributed by atoms with Crippen LogP contribution in [0.1, 0.15) is 18.4 Å². The van der Waals surface area contributed by atoms with E-state index in [2.05, 4.69) is 12.2 Å². The Balaban J connectivity index is 1.82. The highest BCUT2D eigenvalue weighted by molar-refractivity contribution is 6.11. The molecule has 1 N–H and O–H groups in total. The fraction of sp³-hybridized carbons (Fsp3) is 0.238. The van der Waals surface area contributed by atoms with Gasteiger partial charge in [0.2, 0.25) is 0 Å². The summed E-state index contributed by atoms with van der Waals surface area (Å²) in [7, 11) is 1.52. The summed E-state index contributed by atoms with van der Waals surface area (Å²) >= 11 is 0. The van der Waals surface area contributed by atoms with E-state index in [0.717, 1.165) is 23.4 Å². The van der Waals surface area contributed by atoms with Crippen molar-refractivity contribution in [1.29, 1.82) is 0 Å². The molecule has 2 aromatic rings. The van der Waals surface area contributed by atoms with E-state index in [9.17, 15) is 9.90 Å². The van der Waals surface area contributed by atoms with Gasteiger partial charge in [-0.1, -0.05) is 30.4 Å². The molecule has 1 aliphatic carbocycles. The number of para-hydroxylation sites is 1. The van der Waals surface area contributed by atoms with Crippen molar-refractivity contribution in [2.45, 2.75) is 12.8 Å². The molecule has 1 aliphatic heterocycles. The molecule has 0 unspecified atom stereocenters. The third-order valence-corrected chi connectivity index (χ3v) is 4.99. The average Bonchev–Trinajstić information content (AvgIpc) is 2.69. The van der Waals surface area contributed by atoms with E-state index in [0.29, 0.717) is 12.2 Å². The lowest BCUT2D eigenvalue weighted by Gasteiger charge is -2.36. The zero-order chi connectivity index (χ0) is 18.1. The van der Waals surface area contributed by atoms with Crippen molar-refractivity contribution in [3.05, 3.63) is 66.2 Å². The summed E-state index contributed by atoms with van der Waals surface area (Å²) in [6.45, 7) is 0. The number of rotatable bonds is 3. The minimum Gasteiger partial charge on any atom is -0.504 e. The van der Waals surface area contributed by atoms with Gasteiger partial charge >= 0.3 is 0 Å². The van der Waals surface area contributed by atoms with Crippen LogP contribution in [0.4, 0.5) is 5.69 Å². The largest absolute Gasteiger partial charge is 0.504 e. The average molecular weight is 348 g/mol. The van der Waals surface area contributed by atoms with Gasteiger partial charge in [0.25, 0.3) is 5.91 Å². The van der Waals surface area contributed by atoms with Crippen molar-refractivity contribution in [1.82, 2.24) is 0 Å². The first-order valence-electron chi connectivity index (χ1n) is 8.69. The first-order valence-corrected chi connectivity index (χ1v) is 8.69. The minimum absolute atomic E-state index is 0.0141. The summed E-state index contributed by atoms with van der Waals surface area (Å²) in [5.74, 6) is 0.379. The molecule has 132 valence electrons.